The van der Waals surface area contributed by atoms with Crippen LogP contribution >= 0.6 is 11.3 Å². The van der Waals surface area contributed by atoms with Crippen LogP contribution < -0.4 is 0 Å². The average molecular weight is 315 g/mol. The fraction of sp³-hybridized carbons (Fsp3) is 0.462. The van der Waals surface area contributed by atoms with Gasteiger partial charge in [-0.25, -0.2) is 13.2 Å². The predicted molar refractivity (Wildman–Crippen MR) is 77.5 cm³/mol. The fourth-order valence-electron chi connectivity index (χ4n) is 2.09. The molecule has 0 aliphatic carbocycles. The van der Waals surface area contributed by atoms with Crippen molar-refractivity contribution in [1.82, 2.24) is 4.31 Å². The zero-order valence-corrected chi connectivity index (χ0v) is 13.3. The van der Waals surface area contributed by atoms with Gasteiger partial charge < -0.3 is 4.74 Å². The summed E-state index contributed by atoms with van der Waals surface area (Å²) in [5.74, 6) is -0.606. The van der Waals surface area contributed by atoms with Crippen molar-refractivity contribution in [3.63, 3.8) is 0 Å². The number of methoxy groups -OCH3 is 1. The summed E-state index contributed by atoms with van der Waals surface area (Å²) in [6, 6.07) is 0. The molecule has 1 aliphatic heterocycles. The summed E-state index contributed by atoms with van der Waals surface area (Å²) in [4.78, 5) is 12.0. The molecule has 5 nitrogen and oxygen atoms in total. The fourth-order valence-corrected chi connectivity index (χ4v) is 5.13. The number of carbonyl (C=O) groups is 1. The van der Waals surface area contributed by atoms with Crippen molar-refractivity contribution in [2.75, 3.05) is 20.2 Å². The molecule has 0 atom stereocenters. The van der Waals surface area contributed by atoms with E-state index in [0.29, 0.717) is 18.7 Å². The molecule has 1 aromatic rings. The number of hydrogen-bond donors (Lipinski definition) is 0. The van der Waals surface area contributed by atoms with Crippen LogP contribution in [0.2, 0.25) is 0 Å². The van der Waals surface area contributed by atoms with E-state index >= 15 is 0 Å². The lowest BCUT2D eigenvalue weighted by atomic mass is 10.1. The van der Waals surface area contributed by atoms with E-state index in [-0.39, 0.29) is 9.77 Å². The first-order chi connectivity index (χ1) is 9.37. The van der Waals surface area contributed by atoms with Gasteiger partial charge in [-0.3, -0.25) is 0 Å². The van der Waals surface area contributed by atoms with Crippen LogP contribution in [0, 0.1) is 6.92 Å². The molecule has 0 saturated carbocycles. The Bertz CT molecular complexity index is 658. The molecule has 0 radical (unpaired) electrons. The van der Waals surface area contributed by atoms with Crippen molar-refractivity contribution in [2.24, 2.45) is 0 Å². The minimum atomic E-state index is -3.66. The Kier molecular flexibility index (Phi) is 4.31. The monoisotopic (exact) mass is 315 g/mol. The molecular weight excluding hydrogens is 298 g/mol. The first-order valence-electron chi connectivity index (χ1n) is 6.20. The Morgan fingerprint density at radius 1 is 1.40 bits per heavy atom. The smallest absolute Gasteiger partial charge is 0.349 e. The molecule has 0 aromatic carbocycles. The van der Waals surface area contributed by atoms with Crippen molar-refractivity contribution in [1.29, 1.82) is 0 Å². The van der Waals surface area contributed by atoms with E-state index in [1.54, 1.807) is 12.3 Å². The van der Waals surface area contributed by atoms with Crippen LogP contribution in [0.3, 0.4) is 0 Å². The third-order valence-electron chi connectivity index (χ3n) is 3.29. The molecule has 1 aromatic heterocycles. The number of sulfonamides is 1. The molecule has 1 aliphatic rings. The molecule has 7 heteroatoms. The second kappa shape index (κ2) is 5.67. The molecule has 0 bridgehead atoms. The Labute approximate surface area is 122 Å². The highest BCUT2D eigenvalue weighted by atomic mass is 32.2. The summed E-state index contributed by atoms with van der Waals surface area (Å²) in [6.45, 7) is 4.48. The Morgan fingerprint density at radius 3 is 2.65 bits per heavy atom. The SMILES string of the molecule is COC(=O)c1scc(C)c1S(=O)(=O)N1CC=C(C)CC1. The molecule has 20 heavy (non-hydrogen) atoms. The second-order valence-electron chi connectivity index (χ2n) is 4.73. The van der Waals surface area contributed by atoms with Gasteiger partial charge in [0.2, 0.25) is 10.0 Å². The van der Waals surface area contributed by atoms with Crippen LogP contribution in [0.15, 0.2) is 21.9 Å². The third kappa shape index (κ3) is 2.65. The second-order valence-corrected chi connectivity index (χ2v) is 7.49. The minimum absolute atomic E-state index is 0.0855. The van der Waals surface area contributed by atoms with E-state index in [1.165, 1.54) is 17.0 Å². The number of nitrogens with zero attached hydrogens (tertiary/aromatic N) is 1. The largest absolute Gasteiger partial charge is 0.465 e. The van der Waals surface area contributed by atoms with E-state index in [9.17, 15) is 13.2 Å². The first kappa shape index (κ1) is 15.2. The molecule has 2 heterocycles. The van der Waals surface area contributed by atoms with E-state index in [4.69, 9.17) is 0 Å². The van der Waals surface area contributed by atoms with Crippen LogP contribution in [0.4, 0.5) is 0 Å². The third-order valence-corrected chi connectivity index (χ3v) is 6.55. The molecule has 0 saturated heterocycles. The molecule has 0 N–H and O–H groups in total. The average Bonchev–Trinajstić information content (AvgIpc) is 2.81. The number of hydrogen-bond acceptors (Lipinski definition) is 5. The normalized spacial score (nSPS) is 16.9. The Hall–Kier alpha value is -1.18. The van der Waals surface area contributed by atoms with Crippen LogP contribution in [-0.4, -0.2) is 38.9 Å². The van der Waals surface area contributed by atoms with Crippen LogP contribution in [-0.2, 0) is 14.8 Å². The number of thiophene rings is 1. The quantitative estimate of drug-likeness (QED) is 0.633. The van der Waals surface area contributed by atoms with Gasteiger partial charge >= 0.3 is 5.97 Å². The highest BCUT2D eigenvalue weighted by molar-refractivity contribution is 7.89. The highest BCUT2D eigenvalue weighted by Crippen LogP contribution is 2.31. The van der Waals surface area contributed by atoms with Gasteiger partial charge in [-0.05, 0) is 31.2 Å². The van der Waals surface area contributed by atoms with E-state index in [1.807, 2.05) is 13.0 Å². The van der Waals surface area contributed by atoms with Crippen molar-refractivity contribution < 1.29 is 17.9 Å². The lowest BCUT2D eigenvalue weighted by Crippen LogP contribution is -2.35. The number of rotatable bonds is 3. The summed E-state index contributed by atoms with van der Waals surface area (Å²) in [7, 11) is -2.41. The van der Waals surface area contributed by atoms with E-state index in [2.05, 4.69) is 4.74 Å². The van der Waals surface area contributed by atoms with Gasteiger partial charge in [0.15, 0.2) is 0 Å². The van der Waals surface area contributed by atoms with Crippen molar-refractivity contribution in [3.05, 3.63) is 27.5 Å². The van der Waals surface area contributed by atoms with Gasteiger partial charge in [0.25, 0.3) is 0 Å². The molecule has 0 unspecified atom stereocenters. The van der Waals surface area contributed by atoms with Gasteiger partial charge in [0.05, 0.1) is 7.11 Å². The molecule has 2 rings (SSSR count). The maximum atomic E-state index is 12.7. The lowest BCUT2D eigenvalue weighted by molar-refractivity contribution is 0.0602. The number of aryl methyl sites for hydroxylation is 1. The lowest BCUT2D eigenvalue weighted by Gasteiger charge is -2.25. The minimum Gasteiger partial charge on any atom is -0.465 e. The summed E-state index contributed by atoms with van der Waals surface area (Å²) < 4.78 is 31.5. The molecule has 0 fully saturated rings. The predicted octanol–water partition coefficient (Wildman–Crippen LogP) is 2.18. The Morgan fingerprint density at radius 2 is 2.10 bits per heavy atom. The van der Waals surface area contributed by atoms with Gasteiger partial charge in [-0.15, -0.1) is 11.3 Å². The number of esters is 1. The zero-order valence-electron chi connectivity index (χ0n) is 11.7. The van der Waals surface area contributed by atoms with Crippen molar-refractivity contribution >= 4 is 27.3 Å². The topological polar surface area (TPSA) is 63.7 Å². The van der Waals surface area contributed by atoms with E-state index < -0.39 is 16.0 Å². The van der Waals surface area contributed by atoms with Gasteiger partial charge in [-0.1, -0.05) is 11.6 Å². The van der Waals surface area contributed by atoms with E-state index in [0.717, 1.165) is 17.8 Å². The first-order valence-corrected chi connectivity index (χ1v) is 8.52. The summed E-state index contributed by atoms with van der Waals surface area (Å²) in [5.41, 5.74) is 1.77. The number of carbonyl (C=O) groups excluding carboxylic acids is 1. The van der Waals surface area contributed by atoms with Gasteiger partial charge in [-0.2, -0.15) is 4.31 Å². The molecule has 110 valence electrons. The van der Waals surface area contributed by atoms with Crippen LogP contribution in [0.25, 0.3) is 0 Å². The number of ether oxygens (including phenoxy) is 1. The zero-order chi connectivity index (χ0) is 14.9. The molecule has 0 amide bonds. The maximum Gasteiger partial charge on any atom is 0.349 e. The standard InChI is InChI=1S/C13H17NO4S2/c1-9-4-6-14(7-5-9)20(16,17)12-10(2)8-19-11(12)13(15)18-3/h4,8H,5-7H2,1-3H3. The van der Waals surface area contributed by atoms with Crippen LogP contribution in [0.1, 0.15) is 28.6 Å². The van der Waals surface area contributed by atoms with Crippen molar-refractivity contribution in [2.45, 2.75) is 25.2 Å². The van der Waals surface area contributed by atoms with Crippen molar-refractivity contribution in [3.8, 4) is 0 Å². The summed E-state index contributed by atoms with van der Waals surface area (Å²) in [6.07, 6.45) is 2.62. The van der Waals surface area contributed by atoms with Crippen LogP contribution in [0.5, 0.6) is 0 Å². The summed E-state index contributed by atoms with van der Waals surface area (Å²) in [5, 5.41) is 1.67. The van der Waals surface area contributed by atoms with Gasteiger partial charge in [0.1, 0.15) is 9.77 Å². The summed E-state index contributed by atoms with van der Waals surface area (Å²) >= 11 is 1.10. The molecular formula is C13H17NO4S2. The van der Waals surface area contributed by atoms with Gasteiger partial charge in [0, 0.05) is 13.1 Å². The highest BCUT2D eigenvalue weighted by Gasteiger charge is 2.33. The maximum absolute atomic E-state index is 12.7. The molecule has 0 spiro atoms. The Balaban J connectivity index is 2.45.